The second-order valence-electron chi connectivity index (χ2n) is 2.91. The molecule has 2 rings (SSSR count). The topological polar surface area (TPSA) is 69.8 Å². The number of rotatable bonds is 1. The molecule has 4 nitrogen and oxygen atoms in total. The normalized spacial score (nSPS) is 9.53. The van der Waals surface area contributed by atoms with Gasteiger partial charge in [-0.25, -0.2) is 9.97 Å². The Hall–Kier alpha value is -2.41. The first kappa shape index (κ1) is 9.16. The van der Waals surface area contributed by atoms with Gasteiger partial charge in [-0.05, 0) is 18.2 Å². The maximum absolute atomic E-state index is 9.76. The van der Waals surface area contributed by atoms with Gasteiger partial charge in [0.1, 0.15) is 18.1 Å². The second kappa shape index (κ2) is 3.76. The molecule has 0 radical (unpaired) electrons. The van der Waals surface area contributed by atoms with Crippen LogP contribution in [0, 0.1) is 11.3 Å². The minimum Gasteiger partial charge on any atom is -0.506 e. The highest BCUT2D eigenvalue weighted by molar-refractivity contribution is 5.70. The van der Waals surface area contributed by atoms with E-state index in [1.165, 1.54) is 6.33 Å². The van der Waals surface area contributed by atoms with Crippen molar-refractivity contribution in [1.82, 2.24) is 9.97 Å². The van der Waals surface area contributed by atoms with E-state index in [-0.39, 0.29) is 11.3 Å². The summed E-state index contributed by atoms with van der Waals surface area (Å²) in [4.78, 5) is 7.79. The number of aromatic nitrogens is 2. The fourth-order valence-corrected chi connectivity index (χ4v) is 1.29. The van der Waals surface area contributed by atoms with Crippen LogP contribution in [-0.2, 0) is 0 Å². The van der Waals surface area contributed by atoms with Crippen molar-refractivity contribution in [2.24, 2.45) is 0 Å². The van der Waals surface area contributed by atoms with Gasteiger partial charge in [0.05, 0.1) is 11.3 Å². The summed E-state index contributed by atoms with van der Waals surface area (Å²) in [5.41, 5.74) is 1.38. The molecular weight excluding hydrogens is 190 g/mol. The Balaban J connectivity index is 2.61. The lowest BCUT2D eigenvalue weighted by molar-refractivity contribution is 0.475. The average Bonchev–Trinajstić information content (AvgIpc) is 2.30. The molecule has 0 bridgehead atoms. The van der Waals surface area contributed by atoms with Crippen molar-refractivity contribution in [3.05, 3.63) is 42.4 Å². The number of aromatic hydroxyl groups is 1. The Kier molecular flexibility index (Phi) is 2.30. The third-order valence-corrected chi connectivity index (χ3v) is 2.01. The standard InChI is InChI=1S/C11H7N3O/c12-6-8-2-1-3-9(11(8)15)10-4-5-13-7-14-10/h1-5,7,15H. The van der Waals surface area contributed by atoms with Crippen molar-refractivity contribution in [1.29, 1.82) is 5.26 Å². The Morgan fingerprint density at radius 3 is 2.80 bits per heavy atom. The summed E-state index contributed by atoms with van der Waals surface area (Å²) in [6, 6.07) is 8.56. The third kappa shape index (κ3) is 1.63. The summed E-state index contributed by atoms with van der Waals surface area (Å²) in [5, 5.41) is 18.5. The molecule has 0 aliphatic carbocycles. The van der Waals surface area contributed by atoms with Crippen molar-refractivity contribution >= 4 is 0 Å². The molecule has 0 unspecified atom stereocenters. The molecule has 2 aromatic rings. The van der Waals surface area contributed by atoms with Crippen LogP contribution in [0.2, 0.25) is 0 Å². The van der Waals surface area contributed by atoms with E-state index in [1.807, 2.05) is 6.07 Å². The van der Waals surface area contributed by atoms with Crippen LogP contribution in [0.1, 0.15) is 5.56 Å². The van der Waals surface area contributed by atoms with Gasteiger partial charge in [0.15, 0.2) is 0 Å². The summed E-state index contributed by atoms with van der Waals surface area (Å²) in [5.74, 6) is -0.0429. The van der Waals surface area contributed by atoms with Crippen LogP contribution in [0.15, 0.2) is 36.8 Å². The predicted octanol–water partition coefficient (Wildman–Crippen LogP) is 1.72. The minimum absolute atomic E-state index is 0.0429. The van der Waals surface area contributed by atoms with E-state index in [2.05, 4.69) is 9.97 Å². The molecule has 72 valence electrons. The van der Waals surface area contributed by atoms with Gasteiger partial charge < -0.3 is 5.11 Å². The molecule has 0 spiro atoms. The molecule has 1 aromatic carbocycles. The predicted molar refractivity (Wildman–Crippen MR) is 53.8 cm³/mol. The molecule has 15 heavy (non-hydrogen) atoms. The number of phenols is 1. The first-order valence-electron chi connectivity index (χ1n) is 4.31. The first-order chi connectivity index (χ1) is 7.33. The number of benzene rings is 1. The van der Waals surface area contributed by atoms with E-state index in [0.717, 1.165) is 0 Å². The fraction of sp³-hybridized carbons (Fsp3) is 0. The van der Waals surface area contributed by atoms with E-state index in [9.17, 15) is 5.11 Å². The van der Waals surface area contributed by atoms with Gasteiger partial charge in [-0.2, -0.15) is 5.26 Å². The minimum atomic E-state index is -0.0429. The lowest BCUT2D eigenvalue weighted by Crippen LogP contribution is -1.86. The van der Waals surface area contributed by atoms with Gasteiger partial charge in [0.25, 0.3) is 0 Å². The molecule has 0 saturated heterocycles. The van der Waals surface area contributed by atoms with Crippen LogP contribution in [0.3, 0.4) is 0 Å². The summed E-state index contributed by atoms with van der Waals surface area (Å²) in [6.45, 7) is 0. The SMILES string of the molecule is N#Cc1cccc(-c2ccncn2)c1O. The number of hydrogen-bond donors (Lipinski definition) is 1. The van der Waals surface area contributed by atoms with Gasteiger partial charge in [0.2, 0.25) is 0 Å². The summed E-state index contributed by atoms with van der Waals surface area (Å²) >= 11 is 0. The van der Waals surface area contributed by atoms with Gasteiger partial charge in [-0.1, -0.05) is 6.07 Å². The van der Waals surface area contributed by atoms with E-state index in [0.29, 0.717) is 11.3 Å². The highest BCUT2D eigenvalue weighted by Gasteiger charge is 2.08. The zero-order valence-electron chi connectivity index (χ0n) is 7.75. The smallest absolute Gasteiger partial charge is 0.142 e. The average molecular weight is 197 g/mol. The first-order valence-corrected chi connectivity index (χ1v) is 4.31. The van der Waals surface area contributed by atoms with E-state index in [4.69, 9.17) is 5.26 Å². The Labute approximate surface area is 86.5 Å². The molecule has 0 amide bonds. The molecule has 0 fully saturated rings. The van der Waals surface area contributed by atoms with Gasteiger partial charge in [-0.3, -0.25) is 0 Å². The van der Waals surface area contributed by atoms with Crippen LogP contribution >= 0.6 is 0 Å². The van der Waals surface area contributed by atoms with Crippen LogP contribution in [0.4, 0.5) is 0 Å². The summed E-state index contributed by atoms with van der Waals surface area (Å²) < 4.78 is 0. The monoisotopic (exact) mass is 197 g/mol. The van der Waals surface area contributed by atoms with Gasteiger partial charge in [-0.15, -0.1) is 0 Å². The Morgan fingerprint density at radius 1 is 1.27 bits per heavy atom. The molecule has 0 atom stereocenters. The molecule has 1 N–H and O–H groups in total. The zero-order valence-corrected chi connectivity index (χ0v) is 7.75. The number of nitriles is 1. The maximum atomic E-state index is 9.76. The van der Waals surface area contributed by atoms with Gasteiger partial charge in [0, 0.05) is 11.8 Å². The van der Waals surface area contributed by atoms with E-state index >= 15 is 0 Å². The van der Waals surface area contributed by atoms with Crippen molar-refractivity contribution in [2.75, 3.05) is 0 Å². The third-order valence-electron chi connectivity index (χ3n) is 2.01. The highest BCUT2D eigenvalue weighted by atomic mass is 16.3. The van der Waals surface area contributed by atoms with Crippen molar-refractivity contribution in [3.63, 3.8) is 0 Å². The quantitative estimate of drug-likeness (QED) is 0.755. The molecule has 0 aliphatic heterocycles. The van der Waals surface area contributed by atoms with E-state index in [1.54, 1.807) is 30.5 Å². The molecule has 0 aliphatic rings. The molecular formula is C11H7N3O. The largest absolute Gasteiger partial charge is 0.506 e. The van der Waals surface area contributed by atoms with Crippen LogP contribution in [0.5, 0.6) is 5.75 Å². The van der Waals surface area contributed by atoms with Crippen LogP contribution < -0.4 is 0 Å². The fourth-order valence-electron chi connectivity index (χ4n) is 1.29. The number of para-hydroxylation sites is 1. The van der Waals surface area contributed by atoms with E-state index < -0.39 is 0 Å². The molecule has 4 heteroatoms. The number of nitrogens with zero attached hydrogens (tertiary/aromatic N) is 3. The molecule has 0 saturated carbocycles. The lowest BCUT2D eigenvalue weighted by Gasteiger charge is -2.03. The van der Waals surface area contributed by atoms with Crippen LogP contribution in [0.25, 0.3) is 11.3 Å². The Bertz CT molecular complexity index is 517. The highest BCUT2D eigenvalue weighted by Crippen LogP contribution is 2.29. The Morgan fingerprint density at radius 2 is 2.13 bits per heavy atom. The lowest BCUT2D eigenvalue weighted by atomic mass is 10.1. The molecule has 1 aromatic heterocycles. The maximum Gasteiger partial charge on any atom is 0.142 e. The number of hydrogen-bond acceptors (Lipinski definition) is 4. The van der Waals surface area contributed by atoms with Crippen molar-refractivity contribution in [2.45, 2.75) is 0 Å². The summed E-state index contributed by atoms with van der Waals surface area (Å²) in [6.07, 6.45) is 2.98. The van der Waals surface area contributed by atoms with Crippen molar-refractivity contribution < 1.29 is 5.11 Å². The van der Waals surface area contributed by atoms with Crippen molar-refractivity contribution in [3.8, 4) is 23.1 Å². The van der Waals surface area contributed by atoms with Gasteiger partial charge >= 0.3 is 0 Å². The zero-order chi connectivity index (χ0) is 10.7. The number of phenolic OH excluding ortho intramolecular Hbond substituents is 1. The molecule has 1 heterocycles. The second-order valence-corrected chi connectivity index (χ2v) is 2.91. The van der Waals surface area contributed by atoms with Crippen LogP contribution in [-0.4, -0.2) is 15.1 Å². The summed E-state index contributed by atoms with van der Waals surface area (Å²) in [7, 11) is 0.